The van der Waals surface area contributed by atoms with Crippen LogP contribution in [0.25, 0.3) is 0 Å². The zero-order valence-electron chi connectivity index (χ0n) is 23.6. The van der Waals surface area contributed by atoms with Crippen molar-refractivity contribution in [1.29, 1.82) is 0 Å². The highest BCUT2D eigenvalue weighted by Gasteiger charge is 2.33. The van der Waals surface area contributed by atoms with Gasteiger partial charge in [-0.05, 0) is 95.0 Å². The molecule has 0 fully saturated rings. The molecule has 1 atom stereocenters. The molecule has 1 N–H and O–H groups in total. The van der Waals surface area contributed by atoms with Crippen LogP contribution in [0.1, 0.15) is 38.8 Å². The molecule has 0 saturated heterocycles. The zero-order chi connectivity index (χ0) is 29.7. The SMILES string of the molecule is CSc1ccc(S(=O)(=O)N(CC(=O)N(Cc2cccc(Br)c2)[C@@H](C)C(=O)NC(C)(C)C)c2ccc(C)cc2)cc1. The number of thioether (sulfide) groups is 1. The molecule has 0 saturated carbocycles. The Morgan fingerprint density at radius 3 is 2.17 bits per heavy atom. The van der Waals surface area contributed by atoms with Gasteiger partial charge < -0.3 is 10.2 Å². The van der Waals surface area contributed by atoms with Crippen molar-refractivity contribution in [3.05, 3.63) is 88.4 Å². The number of rotatable bonds is 10. The number of sulfonamides is 1. The predicted molar refractivity (Wildman–Crippen MR) is 166 cm³/mol. The zero-order valence-corrected chi connectivity index (χ0v) is 26.9. The van der Waals surface area contributed by atoms with E-state index in [-0.39, 0.29) is 17.3 Å². The fourth-order valence-corrected chi connectivity index (χ4v) is 6.27. The fourth-order valence-electron chi connectivity index (χ4n) is 4.00. The summed E-state index contributed by atoms with van der Waals surface area (Å²) >= 11 is 4.97. The Balaban J connectivity index is 2.03. The van der Waals surface area contributed by atoms with Crippen LogP contribution >= 0.6 is 27.7 Å². The first-order valence-corrected chi connectivity index (χ1v) is 16.3. The minimum atomic E-state index is -4.11. The van der Waals surface area contributed by atoms with Gasteiger partial charge >= 0.3 is 0 Å². The van der Waals surface area contributed by atoms with Crippen LogP contribution in [0.4, 0.5) is 5.69 Å². The highest BCUT2D eigenvalue weighted by Crippen LogP contribution is 2.27. The number of aryl methyl sites for hydroxylation is 1. The van der Waals surface area contributed by atoms with Gasteiger partial charge in [0.05, 0.1) is 10.6 Å². The van der Waals surface area contributed by atoms with Crippen molar-refractivity contribution in [3.63, 3.8) is 0 Å². The van der Waals surface area contributed by atoms with Crippen LogP contribution in [0, 0.1) is 6.92 Å². The van der Waals surface area contributed by atoms with Gasteiger partial charge in [-0.25, -0.2) is 8.42 Å². The first-order chi connectivity index (χ1) is 18.7. The lowest BCUT2D eigenvalue weighted by Gasteiger charge is -2.33. The maximum atomic E-state index is 14.0. The summed E-state index contributed by atoms with van der Waals surface area (Å²) in [6.45, 7) is 8.81. The number of nitrogens with one attached hydrogen (secondary N) is 1. The van der Waals surface area contributed by atoms with E-state index < -0.39 is 34.1 Å². The molecule has 2 amide bonds. The quantitative estimate of drug-likeness (QED) is 0.273. The van der Waals surface area contributed by atoms with Crippen LogP contribution < -0.4 is 9.62 Å². The summed E-state index contributed by atoms with van der Waals surface area (Å²) in [5.74, 6) is -0.824. The first-order valence-electron chi connectivity index (χ1n) is 12.8. The maximum Gasteiger partial charge on any atom is 0.264 e. The van der Waals surface area contributed by atoms with Crippen LogP contribution in [-0.2, 0) is 26.2 Å². The predicted octanol–water partition coefficient (Wildman–Crippen LogP) is 6.01. The van der Waals surface area contributed by atoms with Gasteiger partial charge in [0.25, 0.3) is 10.0 Å². The lowest BCUT2D eigenvalue weighted by Crippen LogP contribution is -2.54. The van der Waals surface area contributed by atoms with Crippen molar-refractivity contribution < 1.29 is 18.0 Å². The second-order valence-electron chi connectivity index (χ2n) is 10.6. The van der Waals surface area contributed by atoms with Crippen LogP contribution in [0.2, 0.25) is 0 Å². The topological polar surface area (TPSA) is 86.8 Å². The van der Waals surface area contributed by atoms with E-state index in [1.807, 2.05) is 58.2 Å². The number of anilines is 1. The third-order valence-electron chi connectivity index (χ3n) is 6.16. The summed E-state index contributed by atoms with van der Waals surface area (Å²) in [6, 6.07) is 20.2. The number of halogens is 1. The van der Waals surface area contributed by atoms with Crippen molar-refractivity contribution in [3.8, 4) is 0 Å². The molecule has 10 heteroatoms. The number of carbonyl (C=O) groups excluding carboxylic acids is 2. The van der Waals surface area contributed by atoms with Gasteiger partial charge in [-0.1, -0.05) is 45.8 Å². The minimum Gasteiger partial charge on any atom is -0.350 e. The van der Waals surface area contributed by atoms with E-state index in [1.165, 1.54) is 16.7 Å². The maximum absolute atomic E-state index is 14.0. The molecule has 0 heterocycles. The molecule has 0 aliphatic heterocycles. The molecule has 7 nitrogen and oxygen atoms in total. The normalized spacial score (nSPS) is 12.5. The molecular formula is C30H36BrN3O4S2. The third kappa shape index (κ3) is 8.34. The summed E-state index contributed by atoms with van der Waals surface area (Å²) in [7, 11) is -4.11. The van der Waals surface area contributed by atoms with E-state index in [2.05, 4.69) is 21.2 Å². The summed E-state index contributed by atoms with van der Waals surface area (Å²) < 4.78 is 29.8. The van der Waals surface area contributed by atoms with Gasteiger partial charge in [-0.15, -0.1) is 11.8 Å². The van der Waals surface area contributed by atoms with E-state index >= 15 is 0 Å². The molecule has 0 unspecified atom stereocenters. The van der Waals surface area contributed by atoms with Gasteiger partial charge in [0, 0.05) is 21.5 Å². The van der Waals surface area contributed by atoms with E-state index in [0.29, 0.717) is 5.69 Å². The average molecular weight is 647 g/mol. The Hall–Kier alpha value is -2.82. The summed E-state index contributed by atoms with van der Waals surface area (Å²) in [6.07, 6.45) is 1.91. The van der Waals surface area contributed by atoms with E-state index in [9.17, 15) is 18.0 Å². The molecule has 3 aromatic rings. The molecular weight excluding hydrogens is 610 g/mol. The molecule has 0 bridgehead atoms. The smallest absolute Gasteiger partial charge is 0.264 e. The summed E-state index contributed by atoms with van der Waals surface area (Å²) in [5.41, 5.74) is 1.62. The van der Waals surface area contributed by atoms with Crippen molar-refractivity contribution in [2.24, 2.45) is 0 Å². The highest BCUT2D eigenvalue weighted by atomic mass is 79.9. The second-order valence-corrected chi connectivity index (χ2v) is 14.2. The van der Waals surface area contributed by atoms with Crippen LogP contribution in [0.15, 0.2) is 87.1 Å². The Kier molecular flexibility index (Phi) is 10.5. The number of benzene rings is 3. The van der Waals surface area contributed by atoms with Gasteiger partial charge in [-0.2, -0.15) is 0 Å². The Bertz CT molecular complexity index is 1440. The van der Waals surface area contributed by atoms with Crippen LogP contribution in [-0.4, -0.2) is 49.5 Å². The monoisotopic (exact) mass is 645 g/mol. The largest absolute Gasteiger partial charge is 0.350 e. The Morgan fingerprint density at radius 2 is 1.62 bits per heavy atom. The summed E-state index contributed by atoms with van der Waals surface area (Å²) in [4.78, 5) is 29.6. The number of hydrogen-bond acceptors (Lipinski definition) is 5. The molecule has 0 spiro atoms. The lowest BCUT2D eigenvalue weighted by molar-refractivity contribution is -0.140. The van der Waals surface area contributed by atoms with Gasteiger partial charge in [0.15, 0.2) is 0 Å². The molecule has 0 aliphatic carbocycles. The average Bonchev–Trinajstić information content (AvgIpc) is 2.89. The highest BCUT2D eigenvalue weighted by molar-refractivity contribution is 9.10. The van der Waals surface area contributed by atoms with Crippen LogP contribution in [0.5, 0.6) is 0 Å². The van der Waals surface area contributed by atoms with E-state index in [0.717, 1.165) is 24.8 Å². The number of amides is 2. The molecule has 3 rings (SSSR count). The molecule has 3 aromatic carbocycles. The Labute approximate surface area is 250 Å². The van der Waals surface area contributed by atoms with Crippen molar-refractivity contribution in [1.82, 2.24) is 10.2 Å². The van der Waals surface area contributed by atoms with Crippen molar-refractivity contribution in [2.45, 2.75) is 62.5 Å². The minimum absolute atomic E-state index is 0.0794. The van der Waals surface area contributed by atoms with E-state index in [4.69, 9.17) is 0 Å². The van der Waals surface area contributed by atoms with Gasteiger partial charge in [0.2, 0.25) is 11.8 Å². The number of carbonyl (C=O) groups is 2. The standard InChI is InChI=1S/C30H36BrN3O4S2/c1-21-10-12-25(13-11-21)34(40(37,38)27-16-14-26(39-6)15-17-27)20-28(35)33(19-23-8-7-9-24(31)18-23)22(2)29(36)32-30(3,4)5/h7-18,22H,19-20H2,1-6H3,(H,32,36)/t22-/m0/s1. The molecule has 0 aromatic heterocycles. The van der Waals surface area contributed by atoms with Crippen LogP contribution in [0.3, 0.4) is 0 Å². The molecule has 40 heavy (non-hydrogen) atoms. The number of nitrogens with zero attached hydrogens (tertiary/aromatic N) is 2. The summed E-state index contributed by atoms with van der Waals surface area (Å²) in [5, 5.41) is 2.93. The fraction of sp³-hybridized carbons (Fsp3) is 0.333. The van der Waals surface area contributed by atoms with E-state index in [1.54, 1.807) is 55.5 Å². The third-order valence-corrected chi connectivity index (χ3v) is 9.18. The lowest BCUT2D eigenvalue weighted by atomic mass is 10.1. The van der Waals surface area contributed by atoms with Crippen molar-refractivity contribution >= 4 is 55.2 Å². The second kappa shape index (κ2) is 13.2. The molecule has 0 aliphatic rings. The molecule has 0 radical (unpaired) electrons. The van der Waals surface area contributed by atoms with Gasteiger partial charge in [0.1, 0.15) is 12.6 Å². The first kappa shape index (κ1) is 31.7. The van der Waals surface area contributed by atoms with Gasteiger partial charge in [-0.3, -0.25) is 13.9 Å². The van der Waals surface area contributed by atoms with Crippen molar-refractivity contribution in [2.75, 3.05) is 17.1 Å². The molecule has 214 valence electrons. The number of hydrogen-bond donors (Lipinski definition) is 1. The Morgan fingerprint density at radius 1 is 1.00 bits per heavy atom.